The first kappa shape index (κ1) is 19.0. The van der Waals surface area contributed by atoms with Crippen molar-refractivity contribution >= 4 is 21.7 Å². The number of benzene rings is 1. The van der Waals surface area contributed by atoms with Crippen LogP contribution in [0.2, 0.25) is 0 Å². The quantitative estimate of drug-likeness (QED) is 0.770. The standard InChI is InChI=1S/C19H21N3O4S/c1-27(25,26)17-7-5-15(6-8-17)12-18(23)21-10-3-11-22(21)19(24)13-16-4-2-9-20-14-16/h2,4-9,14H,3,10-13H2,1H3. The molecule has 1 aromatic carbocycles. The molecule has 0 N–H and O–H groups in total. The molecule has 142 valence electrons. The van der Waals surface area contributed by atoms with Gasteiger partial charge in [0.2, 0.25) is 11.8 Å². The van der Waals surface area contributed by atoms with Gasteiger partial charge in [0, 0.05) is 31.7 Å². The summed E-state index contributed by atoms with van der Waals surface area (Å²) in [5, 5.41) is 2.99. The van der Waals surface area contributed by atoms with Gasteiger partial charge in [-0.05, 0) is 35.7 Å². The number of aromatic nitrogens is 1. The van der Waals surface area contributed by atoms with Gasteiger partial charge in [0.05, 0.1) is 17.7 Å². The van der Waals surface area contributed by atoms with Crippen LogP contribution in [-0.4, -0.2) is 54.6 Å². The number of hydrogen-bond donors (Lipinski definition) is 0. The SMILES string of the molecule is CS(=O)(=O)c1ccc(CC(=O)N2CCCN2C(=O)Cc2cccnc2)cc1. The van der Waals surface area contributed by atoms with Gasteiger partial charge < -0.3 is 0 Å². The smallest absolute Gasteiger partial charge is 0.245 e. The molecule has 2 aromatic rings. The lowest BCUT2D eigenvalue weighted by Gasteiger charge is -2.28. The van der Waals surface area contributed by atoms with Gasteiger partial charge >= 0.3 is 0 Å². The summed E-state index contributed by atoms with van der Waals surface area (Å²) in [5.74, 6) is -0.319. The van der Waals surface area contributed by atoms with Crippen LogP contribution < -0.4 is 0 Å². The third-order valence-corrected chi connectivity index (χ3v) is 5.52. The molecule has 0 unspecified atom stereocenters. The second kappa shape index (κ2) is 7.87. The van der Waals surface area contributed by atoms with Crippen LogP contribution in [0, 0.1) is 0 Å². The minimum Gasteiger partial charge on any atom is -0.273 e. The summed E-state index contributed by atoms with van der Waals surface area (Å²) in [6.07, 6.45) is 5.47. The molecule has 7 nitrogen and oxygen atoms in total. The Labute approximate surface area is 158 Å². The predicted octanol–water partition coefficient (Wildman–Crippen LogP) is 1.25. The lowest BCUT2D eigenvalue weighted by atomic mass is 10.1. The summed E-state index contributed by atoms with van der Waals surface area (Å²) in [7, 11) is -3.27. The van der Waals surface area contributed by atoms with Gasteiger partial charge in [-0.3, -0.25) is 24.6 Å². The van der Waals surface area contributed by atoms with E-state index in [2.05, 4.69) is 4.98 Å². The second-order valence-corrected chi connectivity index (χ2v) is 8.53. The van der Waals surface area contributed by atoms with E-state index in [4.69, 9.17) is 0 Å². The third-order valence-electron chi connectivity index (χ3n) is 4.39. The molecule has 8 heteroatoms. The van der Waals surface area contributed by atoms with E-state index >= 15 is 0 Å². The predicted molar refractivity (Wildman–Crippen MR) is 99.2 cm³/mol. The zero-order chi connectivity index (χ0) is 19.4. The van der Waals surface area contributed by atoms with E-state index in [1.54, 1.807) is 30.6 Å². The molecule has 0 spiro atoms. The van der Waals surface area contributed by atoms with Crippen molar-refractivity contribution in [2.45, 2.75) is 24.2 Å². The van der Waals surface area contributed by atoms with Crippen molar-refractivity contribution in [3.63, 3.8) is 0 Å². The Balaban J connectivity index is 1.65. The summed E-state index contributed by atoms with van der Waals surface area (Å²) in [5.41, 5.74) is 1.51. The number of carbonyl (C=O) groups excluding carboxylic acids is 2. The van der Waals surface area contributed by atoms with Crippen LogP contribution in [0.15, 0.2) is 53.7 Å². The Hall–Kier alpha value is -2.74. The van der Waals surface area contributed by atoms with Crippen molar-refractivity contribution in [1.29, 1.82) is 0 Å². The molecule has 1 aliphatic heterocycles. The Morgan fingerprint density at radius 3 is 2.07 bits per heavy atom. The minimum absolute atomic E-state index is 0.112. The molecule has 0 bridgehead atoms. The van der Waals surface area contributed by atoms with Gasteiger partial charge in [0.15, 0.2) is 9.84 Å². The van der Waals surface area contributed by atoms with Crippen molar-refractivity contribution in [2.24, 2.45) is 0 Å². The highest BCUT2D eigenvalue weighted by Gasteiger charge is 2.30. The van der Waals surface area contributed by atoms with Crippen molar-refractivity contribution in [3.05, 3.63) is 59.9 Å². The van der Waals surface area contributed by atoms with E-state index in [9.17, 15) is 18.0 Å². The van der Waals surface area contributed by atoms with E-state index in [0.29, 0.717) is 18.7 Å². The molecule has 0 radical (unpaired) electrons. The monoisotopic (exact) mass is 387 g/mol. The average Bonchev–Trinajstić information content (AvgIpc) is 3.12. The normalized spacial score (nSPS) is 14.4. The zero-order valence-electron chi connectivity index (χ0n) is 15.0. The molecule has 0 aliphatic carbocycles. The summed E-state index contributed by atoms with van der Waals surface area (Å²) < 4.78 is 23.0. The van der Waals surface area contributed by atoms with Gasteiger partial charge in [-0.2, -0.15) is 0 Å². The van der Waals surface area contributed by atoms with E-state index in [1.165, 1.54) is 22.2 Å². The molecule has 1 fully saturated rings. The highest BCUT2D eigenvalue weighted by Crippen LogP contribution is 2.16. The molecule has 1 aliphatic rings. The molecule has 0 saturated carbocycles. The van der Waals surface area contributed by atoms with Crippen LogP contribution in [0.1, 0.15) is 17.5 Å². The molecule has 1 aromatic heterocycles. The fourth-order valence-electron chi connectivity index (χ4n) is 3.02. The Bertz CT molecular complexity index is 927. The van der Waals surface area contributed by atoms with E-state index in [-0.39, 0.29) is 29.6 Å². The second-order valence-electron chi connectivity index (χ2n) is 6.52. The first-order valence-electron chi connectivity index (χ1n) is 8.63. The van der Waals surface area contributed by atoms with Gasteiger partial charge in [0.25, 0.3) is 0 Å². The number of hydrazine groups is 1. The number of hydrogen-bond acceptors (Lipinski definition) is 5. The fraction of sp³-hybridized carbons (Fsp3) is 0.316. The van der Waals surface area contributed by atoms with E-state index in [1.807, 2.05) is 6.07 Å². The van der Waals surface area contributed by atoms with Gasteiger partial charge in [-0.15, -0.1) is 0 Å². The average molecular weight is 387 g/mol. The zero-order valence-corrected chi connectivity index (χ0v) is 15.9. The molecule has 3 rings (SSSR count). The molecule has 2 amide bonds. The van der Waals surface area contributed by atoms with Gasteiger partial charge in [-0.25, -0.2) is 8.42 Å². The summed E-state index contributed by atoms with van der Waals surface area (Å²) in [6.45, 7) is 1.01. The van der Waals surface area contributed by atoms with Crippen LogP contribution in [0.4, 0.5) is 0 Å². The molecular formula is C19H21N3O4S. The molecular weight excluding hydrogens is 366 g/mol. The number of carbonyl (C=O) groups is 2. The number of sulfone groups is 1. The largest absolute Gasteiger partial charge is 0.273 e. The minimum atomic E-state index is -3.27. The third kappa shape index (κ3) is 4.71. The van der Waals surface area contributed by atoms with Crippen molar-refractivity contribution in [2.75, 3.05) is 19.3 Å². The maximum absolute atomic E-state index is 12.7. The Morgan fingerprint density at radius 2 is 1.56 bits per heavy atom. The van der Waals surface area contributed by atoms with Crippen molar-refractivity contribution < 1.29 is 18.0 Å². The van der Waals surface area contributed by atoms with Crippen molar-refractivity contribution in [1.82, 2.24) is 15.0 Å². The highest BCUT2D eigenvalue weighted by atomic mass is 32.2. The Morgan fingerprint density at radius 1 is 0.963 bits per heavy atom. The number of rotatable bonds is 5. The van der Waals surface area contributed by atoms with Gasteiger partial charge in [0.1, 0.15) is 0 Å². The highest BCUT2D eigenvalue weighted by molar-refractivity contribution is 7.90. The summed E-state index contributed by atoms with van der Waals surface area (Å²) in [4.78, 5) is 29.5. The van der Waals surface area contributed by atoms with Crippen LogP contribution in [0.25, 0.3) is 0 Å². The first-order chi connectivity index (χ1) is 12.8. The summed E-state index contributed by atoms with van der Waals surface area (Å²) >= 11 is 0. The maximum atomic E-state index is 12.7. The molecule has 27 heavy (non-hydrogen) atoms. The maximum Gasteiger partial charge on any atom is 0.245 e. The number of nitrogens with zero attached hydrogens (tertiary/aromatic N) is 3. The van der Waals surface area contributed by atoms with E-state index < -0.39 is 9.84 Å². The summed E-state index contributed by atoms with van der Waals surface area (Å²) in [6, 6.07) is 9.85. The number of amides is 2. The lowest BCUT2D eigenvalue weighted by molar-refractivity contribution is -0.157. The van der Waals surface area contributed by atoms with Crippen LogP contribution in [-0.2, 0) is 32.3 Å². The van der Waals surface area contributed by atoms with Gasteiger partial charge in [-0.1, -0.05) is 18.2 Å². The van der Waals surface area contributed by atoms with Crippen LogP contribution >= 0.6 is 0 Å². The van der Waals surface area contributed by atoms with E-state index in [0.717, 1.165) is 18.2 Å². The lowest BCUT2D eigenvalue weighted by Crippen LogP contribution is -2.46. The van der Waals surface area contributed by atoms with Crippen LogP contribution in [0.3, 0.4) is 0 Å². The fourth-order valence-corrected chi connectivity index (χ4v) is 3.65. The molecule has 1 saturated heterocycles. The van der Waals surface area contributed by atoms with Crippen LogP contribution in [0.5, 0.6) is 0 Å². The Kier molecular flexibility index (Phi) is 5.55. The number of pyridine rings is 1. The molecule has 0 atom stereocenters. The molecule has 2 heterocycles. The van der Waals surface area contributed by atoms with Crippen molar-refractivity contribution in [3.8, 4) is 0 Å². The topological polar surface area (TPSA) is 87.7 Å². The first-order valence-corrected chi connectivity index (χ1v) is 10.5.